The maximum absolute atomic E-state index is 10.3. The topological polar surface area (TPSA) is 102 Å². The van der Waals surface area contributed by atoms with E-state index in [-0.39, 0.29) is 17.1 Å². The molecular formula is C10H10N2O4S. The van der Waals surface area contributed by atoms with Crippen molar-refractivity contribution < 1.29 is 20.1 Å². The molecule has 0 atom stereocenters. The zero-order chi connectivity index (χ0) is 12.8. The molecule has 0 unspecified atom stereocenters. The molecule has 2 rings (SSSR count). The minimum Gasteiger partial charge on any atom is -0.508 e. The maximum Gasteiger partial charge on any atom is 0.339 e. The van der Waals surface area contributed by atoms with E-state index in [0.29, 0.717) is 5.11 Å². The first kappa shape index (κ1) is 12.9. The summed E-state index contributed by atoms with van der Waals surface area (Å²) in [5.41, 5.74) is -0.301. The van der Waals surface area contributed by atoms with Gasteiger partial charge in [0.05, 0.1) is 6.54 Å². The number of carbonyl (C=O) groups is 1. The molecule has 7 heteroatoms. The molecule has 0 radical (unpaired) electrons. The quantitative estimate of drug-likeness (QED) is 0.435. The molecule has 6 nitrogen and oxygen atoms in total. The molecular weight excluding hydrogens is 244 g/mol. The lowest BCUT2D eigenvalue weighted by Gasteiger charge is -1.98. The summed E-state index contributed by atoms with van der Waals surface area (Å²) in [4.78, 5) is 14.0. The highest BCUT2D eigenvalue weighted by molar-refractivity contribution is 7.80. The maximum atomic E-state index is 10.3. The van der Waals surface area contributed by atoms with E-state index in [0.717, 1.165) is 18.7 Å². The van der Waals surface area contributed by atoms with Crippen molar-refractivity contribution in [2.24, 2.45) is 4.99 Å². The number of carboxylic acids is 1. The Bertz CT molecular complexity index is 473. The zero-order valence-corrected chi connectivity index (χ0v) is 9.44. The van der Waals surface area contributed by atoms with Gasteiger partial charge in [-0.25, -0.2) is 9.79 Å². The van der Waals surface area contributed by atoms with E-state index in [2.05, 4.69) is 22.5 Å². The molecule has 1 aromatic rings. The fourth-order valence-electron chi connectivity index (χ4n) is 1.00. The molecule has 17 heavy (non-hydrogen) atoms. The van der Waals surface area contributed by atoms with Crippen LogP contribution in [0.2, 0.25) is 0 Å². The van der Waals surface area contributed by atoms with Crippen LogP contribution < -0.4 is 5.32 Å². The van der Waals surface area contributed by atoms with Crippen LogP contribution in [0.25, 0.3) is 0 Å². The number of nitrogens with one attached hydrogen (secondary N) is 1. The van der Waals surface area contributed by atoms with Gasteiger partial charge in [0.25, 0.3) is 0 Å². The minimum atomic E-state index is -1.27. The smallest absolute Gasteiger partial charge is 0.339 e. The number of benzene rings is 1. The molecule has 0 fully saturated rings. The van der Waals surface area contributed by atoms with E-state index >= 15 is 0 Å². The molecule has 0 saturated carbocycles. The molecule has 1 aliphatic rings. The predicted octanol–water partition coefficient (Wildman–Crippen LogP) is 0.741. The van der Waals surface area contributed by atoms with Crippen molar-refractivity contribution in [3.05, 3.63) is 23.8 Å². The SMILES string of the molecule is O=C(O)c1cc(O)ccc1O.S=C1N=CCN1. The standard InChI is InChI=1S/C7H6O4.C3H4N2S/c8-4-1-2-6(9)5(3-4)7(10)11;6-3-4-1-2-5-3/h1-3,8-9H,(H,10,11);1H,2H2,(H,5,6). The first-order chi connectivity index (χ1) is 8.00. The van der Waals surface area contributed by atoms with Crippen LogP contribution in [0.4, 0.5) is 0 Å². The van der Waals surface area contributed by atoms with Gasteiger partial charge in [0.15, 0.2) is 5.11 Å². The zero-order valence-electron chi connectivity index (χ0n) is 8.62. The number of aromatic hydroxyl groups is 2. The van der Waals surface area contributed by atoms with E-state index in [1.807, 2.05) is 0 Å². The van der Waals surface area contributed by atoms with Crippen LogP contribution in [0.15, 0.2) is 23.2 Å². The summed E-state index contributed by atoms with van der Waals surface area (Å²) in [7, 11) is 0. The Morgan fingerprint density at radius 2 is 2.12 bits per heavy atom. The normalized spacial score (nSPS) is 12.6. The van der Waals surface area contributed by atoms with E-state index in [4.69, 9.17) is 15.3 Å². The number of thiocarbonyl (C=S) groups is 1. The molecule has 1 aliphatic heterocycles. The van der Waals surface area contributed by atoms with Gasteiger partial charge >= 0.3 is 5.97 Å². The molecule has 4 N–H and O–H groups in total. The van der Waals surface area contributed by atoms with Crippen molar-refractivity contribution in [2.75, 3.05) is 6.54 Å². The van der Waals surface area contributed by atoms with Gasteiger partial charge in [0.2, 0.25) is 0 Å². The molecule has 0 spiro atoms. The molecule has 0 saturated heterocycles. The highest BCUT2D eigenvalue weighted by Crippen LogP contribution is 2.21. The Morgan fingerprint density at radius 3 is 2.47 bits per heavy atom. The van der Waals surface area contributed by atoms with Gasteiger partial charge < -0.3 is 20.6 Å². The van der Waals surface area contributed by atoms with Crippen LogP contribution in [0, 0.1) is 0 Å². The molecule has 0 aliphatic carbocycles. The number of nitrogens with zero attached hydrogens (tertiary/aromatic N) is 1. The van der Waals surface area contributed by atoms with Crippen molar-refractivity contribution in [2.45, 2.75) is 0 Å². The fourth-order valence-corrected chi connectivity index (χ4v) is 1.16. The number of carboxylic acid groups (broad SMARTS) is 1. The summed E-state index contributed by atoms with van der Waals surface area (Å²) in [5, 5.41) is 29.6. The summed E-state index contributed by atoms with van der Waals surface area (Å²) >= 11 is 4.61. The first-order valence-electron chi connectivity index (χ1n) is 4.56. The van der Waals surface area contributed by atoms with Crippen LogP contribution in [0.3, 0.4) is 0 Å². The second-order valence-electron chi connectivity index (χ2n) is 3.00. The Labute approximate surface area is 102 Å². The van der Waals surface area contributed by atoms with Crippen LogP contribution in [-0.4, -0.2) is 39.2 Å². The van der Waals surface area contributed by atoms with E-state index < -0.39 is 5.97 Å². The number of phenols is 2. The number of aromatic carboxylic acids is 1. The summed E-state index contributed by atoms with van der Waals surface area (Å²) < 4.78 is 0. The molecule has 1 aromatic carbocycles. The van der Waals surface area contributed by atoms with Crippen LogP contribution in [-0.2, 0) is 0 Å². The van der Waals surface area contributed by atoms with Crippen molar-refractivity contribution in [1.82, 2.24) is 5.32 Å². The largest absolute Gasteiger partial charge is 0.508 e. The van der Waals surface area contributed by atoms with Gasteiger partial charge in [-0.15, -0.1) is 0 Å². The summed E-state index contributed by atoms with van der Waals surface area (Å²) in [6.45, 7) is 0.804. The van der Waals surface area contributed by atoms with Gasteiger partial charge in [0, 0.05) is 6.21 Å². The number of hydrogen-bond acceptors (Lipinski definition) is 4. The number of hydrogen-bond donors (Lipinski definition) is 4. The molecule has 1 heterocycles. The van der Waals surface area contributed by atoms with Gasteiger partial charge in [-0.1, -0.05) is 0 Å². The molecule has 0 amide bonds. The second kappa shape index (κ2) is 5.80. The second-order valence-corrected chi connectivity index (χ2v) is 3.39. The average Bonchev–Trinajstić information content (AvgIpc) is 2.73. The lowest BCUT2D eigenvalue weighted by atomic mass is 10.2. The van der Waals surface area contributed by atoms with Gasteiger partial charge in [-0.2, -0.15) is 0 Å². The first-order valence-corrected chi connectivity index (χ1v) is 4.97. The van der Waals surface area contributed by atoms with E-state index in [1.54, 1.807) is 6.21 Å². The lowest BCUT2D eigenvalue weighted by Crippen LogP contribution is -2.12. The predicted molar refractivity (Wildman–Crippen MR) is 65.8 cm³/mol. The Morgan fingerprint density at radius 1 is 1.41 bits per heavy atom. The third-order valence-electron chi connectivity index (χ3n) is 1.76. The minimum absolute atomic E-state index is 0.180. The fraction of sp³-hybridized carbons (Fsp3) is 0.100. The Balaban J connectivity index is 0.000000202. The number of aliphatic imine (C=N–C) groups is 1. The summed E-state index contributed by atoms with van der Waals surface area (Å²) in [6.07, 6.45) is 1.75. The van der Waals surface area contributed by atoms with Crippen LogP contribution in [0.1, 0.15) is 10.4 Å². The van der Waals surface area contributed by atoms with Crippen molar-refractivity contribution in [3.63, 3.8) is 0 Å². The van der Waals surface area contributed by atoms with Crippen molar-refractivity contribution >= 4 is 29.5 Å². The summed E-state index contributed by atoms with van der Waals surface area (Å²) in [5.74, 6) is -1.80. The van der Waals surface area contributed by atoms with Gasteiger partial charge in [0.1, 0.15) is 17.1 Å². The van der Waals surface area contributed by atoms with Crippen LogP contribution >= 0.6 is 12.2 Å². The van der Waals surface area contributed by atoms with Gasteiger partial charge in [-0.05, 0) is 30.4 Å². The lowest BCUT2D eigenvalue weighted by molar-refractivity contribution is 0.0693. The highest BCUT2D eigenvalue weighted by atomic mass is 32.1. The highest BCUT2D eigenvalue weighted by Gasteiger charge is 2.08. The number of rotatable bonds is 1. The number of phenolic OH excluding ortho intramolecular Hbond substituents is 1. The summed E-state index contributed by atoms with van der Waals surface area (Å²) in [6, 6.07) is 3.32. The third-order valence-corrected chi connectivity index (χ3v) is 2.01. The molecule has 0 bridgehead atoms. The van der Waals surface area contributed by atoms with E-state index in [9.17, 15) is 4.79 Å². The Kier molecular flexibility index (Phi) is 4.41. The van der Waals surface area contributed by atoms with E-state index in [1.165, 1.54) is 6.07 Å². The van der Waals surface area contributed by atoms with Crippen molar-refractivity contribution in [3.8, 4) is 11.5 Å². The molecule has 90 valence electrons. The third kappa shape index (κ3) is 4.07. The monoisotopic (exact) mass is 254 g/mol. The van der Waals surface area contributed by atoms with Gasteiger partial charge in [-0.3, -0.25) is 0 Å². The van der Waals surface area contributed by atoms with Crippen molar-refractivity contribution in [1.29, 1.82) is 0 Å². The average molecular weight is 254 g/mol. The Hall–Kier alpha value is -2.15. The molecule has 0 aromatic heterocycles. The van der Waals surface area contributed by atoms with Crippen LogP contribution in [0.5, 0.6) is 11.5 Å².